The third kappa shape index (κ3) is 5.75. The van der Waals surface area contributed by atoms with Crippen LogP contribution in [0.15, 0.2) is 84.0 Å². The summed E-state index contributed by atoms with van der Waals surface area (Å²) < 4.78 is 55.7. The lowest BCUT2D eigenvalue weighted by atomic mass is 10.1. The summed E-state index contributed by atoms with van der Waals surface area (Å²) >= 11 is 0. The SMILES string of the molecule is Cc1ncc(CN(C(=O)[C@@H]2C[C@@H]2c2ccc(F)cc2)c2ccc3c(c2)[C@H](NS(=O)(=O)c2ccc(F)cc2)CC3)cn1. The number of carbonyl (C=O) groups excluding carboxylic acids is 1. The standard InChI is InChI=1S/C31H28F2N4O3S/c1-19-34-16-20(17-35-19)18-37(31(38)29-15-27(29)21-2-6-23(32)7-3-21)25-10-4-22-5-13-30(28(22)14-25)36-41(39,40)26-11-8-24(33)9-12-26/h2-4,6-12,14,16-17,27,29-30,36H,5,13,15,18H2,1H3/t27-,29-,30-/m1/s1. The lowest BCUT2D eigenvalue weighted by molar-refractivity contribution is -0.120. The first-order valence-corrected chi connectivity index (χ1v) is 14.9. The number of rotatable bonds is 8. The zero-order valence-electron chi connectivity index (χ0n) is 22.3. The van der Waals surface area contributed by atoms with E-state index in [4.69, 9.17) is 0 Å². The van der Waals surface area contributed by atoms with Crippen LogP contribution >= 0.6 is 0 Å². The van der Waals surface area contributed by atoms with Crippen LogP contribution in [0.4, 0.5) is 14.5 Å². The van der Waals surface area contributed by atoms with Gasteiger partial charge < -0.3 is 4.90 Å². The number of hydrogen-bond acceptors (Lipinski definition) is 5. The van der Waals surface area contributed by atoms with Gasteiger partial charge >= 0.3 is 0 Å². The Bertz CT molecular complexity index is 1700. The molecule has 0 saturated heterocycles. The maximum absolute atomic E-state index is 13.9. The molecule has 10 heteroatoms. The van der Waals surface area contributed by atoms with E-state index in [1.807, 2.05) is 18.2 Å². The molecule has 0 aliphatic heterocycles. The van der Waals surface area contributed by atoms with Crippen molar-refractivity contribution in [2.45, 2.75) is 49.6 Å². The van der Waals surface area contributed by atoms with E-state index in [1.165, 1.54) is 24.3 Å². The second kappa shape index (κ2) is 10.8. The monoisotopic (exact) mass is 574 g/mol. The van der Waals surface area contributed by atoms with E-state index in [0.29, 0.717) is 30.8 Å². The highest BCUT2D eigenvalue weighted by molar-refractivity contribution is 7.89. The van der Waals surface area contributed by atoms with Gasteiger partial charge in [0.15, 0.2) is 0 Å². The smallest absolute Gasteiger partial charge is 0.241 e. The zero-order valence-corrected chi connectivity index (χ0v) is 23.1. The number of benzene rings is 3. The van der Waals surface area contributed by atoms with Crippen molar-refractivity contribution < 1.29 is 22.0 Å². The Morgan fingerprint density at radius 2 is 1.63 bits per heavy atom. The van der Waals surface area contributed by atoms with Crippen LogP contribution in [0.3, 0.4) is 0 Å². The molecule has 1 saturated carbocycles. The third-order valence-corrected chi connectivity index (χ3v) is 9.27. The summed E-state index contributed by atoms with van der Waals surface area (Å²) in [6, 6.07) is 16.2. The number of sulfonamides is 1. The molecule has 41 heavy (non-hydrogen) atoms. The molecule has 2 aliphatic rings. The van der Waals surface area contributed by atoms with Crippen molar-refractivity contribution in [3.05, 3.63) is 119 Å². The quantitative estimate of drug-likeness (QED) is 0.306. The van der Waals surface area contributed by atoms with Gasteiger partial charge in [-0.15, -0.1) is 0 Å². The lowest BCUT2D eigenvalue weighted by Crippen LogP contribution is -2.32. The van der Waals surface area contributed by atoms with Gasteiger partial charge in [-0.2, -0.15) is 0 Å². The fraction of sp³-hybridized carbons (Fsp3) is 0.258. The van der Waals surface area contributed by atoms with Gasteiger partial charge in [0.2, 0.25) is 15.9 Å². The van der Waals surface area contributed by atoms with E-state index >= 15 is 0 Å². The van der Waals surface area contributed by atoms with Crippen molar-refractivity contribution in [1.82, 2.24) is 14.7 Å². The molecule has 3 aromatic carbocycles. The molecule has 0 spiro atoms. The number of amides is 1. The number of hydrogen-bond donors (Lipinski definition) is 1. The van der Waals surface area contributed by atoms with E-state index in [1.54, 1.807) is 36.4 Å². The molecule has 1 fully saturated rings. The van der Waals surface area contributed by atoms with Crippen molar-refractivity contribution >= 4 is 21.6 Å². The molecule has 4 aromatic rings. The first-order valence-electron chi connectivity index (χ1n) is 13.4. The Morgan fingerprint density at radius 1 is 0.976 bits per heavy atom. The van der Waals surface area contributed by atoms with Gasteiger partial charge in [-0.3, -0.25) is 4.79 Å². The summed E-state index contributed by atoms with van der Waals surface area (Å²) in [7, 11) is -3.89. The summed E-state index contributed by atoms with van der Waals surface area (Å²) in [6.45, 7) is 2.04. The molecule has 3 atom stereocenters. The Kier molecular flexibility index (Phi) is 7.13. The fourth-order valence-electron chi connectivity index (χ4n) is 5.48. The second-order valence-electron chi connectivity index (χ2n) is 10.6. The van der Waals surface area contributed by atoms with Gasteiger partial charge in [0.05, 0.1) is 11.4 Å². The van der Waals surface area contributed by atoms with Gasteiger partial charge in [0, 0.05) is 35.6 Å². The number of aryl methyl sites for hydroxylation is 2. The molecule has 1 amide bonds. The molecular formula is C31H28F2N4O3S. The number of nitrogens with one attached hydrogen (secondary N) is 1. The minimum Gasteiger partial charge on any atom is -0.308 e. The van der Waals surface area contributed by atoms with E-state index < -0.39 is 21.9 Å². The van der Waals surface area contributed by atoms with Gasteiger partial charge in [-0.25, -0.2) is 31.9 Å². The number of aromatic nitrogens is 2. The van der Waals surface area contributed by atoms with Gasteiger partial charge in [-0.05, 0) is 97.3 Å². The highest BCUT2D eigenvalue weighted by Gasteiger charge is 2.46. The lowest BCUT2D eigenvalue weighted by Gasteiger charge is -2.25. The van der Waals surface area contributed by atoms with E-state index in [2.05, 4.69) is 14.7 Å². The van der Waals surface area contributed by atoms with Gasteiger partial charge in [0.1, 0.15) is 17.5 Å². The fourth-order valence-corrected chi connectivity index (χ4v) is 6.73. The van der Waals surface area contributed by atoms with Crippen LogP contribution in [0.2, 0.25) is 0 Å². The number of fused-ring (bicyclic) bond motifs is 1. The topological polar surface area (TPSA) is 92.3 Å². The van der Waals surface area contributed by atoms with E-state index in [9.17, 15) is 22.0 Å². The first-order chi connectivity index (χ1) is 19.7. The van der Waals surface area contributed by atoms with Crippen LogP contribution in [0, 0.1) is 24.5 Å². The zero-order chi connectivity index (χ0) is 28.7. The molecular weight excluding hydrogens is 546 g/mol. The molecule has 2 aliphatic carbocycles. The Balaban J connectivity index is 1.29. The molecule has 1 heterocycles. The summed E-state index contributed by atoms with van der Waals surface area (Å²) in [5, 5.41) is 0. The second-order valence-corrected chi connectivity index (χ2v) is 12.3. The molecule has 7 nitrogen and oxygen atoms in total. The maximum atomic E-state index is 13.9. The van der Waals surface area contributed by atoms with Crippen LogP contribution in [-0.2, 0) is 27.8 Å². The third-order valence-electron chi connectivity index (χ3n) is 7.79. The van der Waals surface area contributed by atoms with Crippen LogP contribution in [-0.4, -0.2) is 24.3 Å². The minimum absolute atomic E-state index is 0.00422. The summed E-state index contributed by atoms with van der Waals surface area (Å²) in [5.74, 6) is -0.528. The predicted octanol–water partition coefficient (Wildman–Crippen LogP) is 5.37. The van der Waals surface area contributed by atoms with Crippen molar-refractivity contribution in [3.8, 4) is 0 Å². The summed E-state index contributed by atoms with van der Waals surface area (Å²) in [4.78, 5) is 24.2. The molecule has 210 valence electrons. The molecule has 1 N–H and O–H groups in total. The Morgan fingerprint density at radius 3 is 2.32 bits per heavy atom. The number of nitrogens with zero attached hydrogens (tertiary/aromatic N) is 3. The average molecular weight is 575 g/mol. The summed E-state index contributed by atoms with van der Waals surface area (Å²) in [5.41, 5.74) is 4.14. The van der Waals surface area contributed by atoms with Crippen LogP contribution in [0.5, 0.6) is 0 Å². The van der Waals surface area contributed by atoms with E-state index in [-0.39, 0.29) is 35.0 Å². The molecule has 0 radical (unpaired) electrons. The number of halogens is 2. The summed E-state index contributed by atoms with van der Waals surface area (Å²) in [6.07, 6.45) is 5.30. The molecule has 6 rings (SSSR count). The Labute approximate surface area is 237 Å². The Hall–Kier alpha value is -4.02. The van der Waals surface area contributed by atoms with Crippen molar-refractivity contribution in [3.63, 3.8) is 0 Å². The van der Waals surface area contributed by atoms with Crippen molar-refractivity contribution in [1.29, 1.82) is 0 Å². The molecule has 0 bridgehead atoms. The largest absolute Gasteiger partial charge is 0.308 e. The minimum atomic E-state index is -3.89. The molecule has 1 aromatic heterocycles. The number of anilines is 1. The average Bonchev–Trinajstić information content (AvgIpc) is 3.67. The van der Waals surface area contributed by atoms with Crippen LogP contribution in [0.25, 0.3) is 0 Å². The van der Waals surface area contributed by atoms with Gasteiger partial charge in [-0.1, -0.05) is 18.2 Å². The van der Waals surface area contributed by atoms with Crippen LogP contribution < -0.4 is 9.62 Å². The van der Waals surface area contributed by atoms with Crippen molar-refractivity contribution in [2.75, 3.05) is 4.90 Å². The normalized spacial score (nSPS) is 19.5. The van der Waals surface area contributed by atoms with E-state index in [0.717, 1.165) is 34.4 Å². The predicted molar refractivity (Wildman–Crippen MR) is 149 cm³/mol. The number of carbonyl (C=O) groups is 1. The van der Waals surface area contributed by atoms with Crippen molar-refractivity contribution in [2.24, 2.45) is 5.92 Å². The first kappa shape index (κ1) is 27.2. The van der Waals surface area contributed by atoms with Crippen LogP contribution in [0.1, 0.15) is 52.9 Å². The molecule has 0 unspecified atom stereocenters. The maximum Gasteiger partial charge on any atom is 0.241 e. The van der Waals surface area contributed by atoms with Gasteiger partial charge in [0.25, 0.3) is 0 Å². The highest BCUT2D eigenvalue weighted by atomic mass is 32.2. The highest BCUT2D eigenvalue weighted by Crippen LogP contribution is 2.49.